The van der Waals surface area contributed by atoms with Crippen LogP contribution in [0.3, 0.4) is 0 Å². The average molecular weight is 183 g/mol. The van der Waals surface area contributed by atoms with Gasteiger partial charge in [-0.25, -0.2) is 4.39 Å². The molecule has 0 fully saturated rings. The second-order valence-electron chi connectivity index (χ2n) is 1.32. The van der Waals surface area contributed by atoms with Crippen molar-refractivity contribution in [3.8, 4) is 0 Å². The van der Waals surface area contributed by atoms with Gasteiger partial charge in [-0.1, -0.05) is 0 Å². The van der Waals surface area contributed by atoms with Gasteiger partial charge in [0.05, 0.1) is 0 Å². The number of hydrogen-bond acceptors (Lipinski definition) is 1. The predicted molar refractivity (Wildman–Crippen MR) is 27.6 cm³/mol. The second kappa shape index (κ2) is 2.94. The molecule has 0 saturated heterocycles. The Hall–Kier alpha value is 0.330. The number of rotatable bonds is 2. The fraction of sp³-hybridized carbons (Fsp3) is 1.00. The Morgan fingerprint density at radius 2 is 1.67 bits per heavy atom. The molecule has 0 amide bonds. The third-order valence-corrected chi connectivity index (χ3v) is 0.995. The van der Waals surface area contributed by atoms with Gasteiger partial charge in [0.1, 0.15) is 4.84 Å². The molecule has 0 spiro atoms. The van der Waals surface area contributed by atoms with E-state index in [0.29, 0.717) is 0 Å². The van der Waals surface area contributed by atoms with Crippen LogP contribution in [-0.4, -0.2) is 22.2 Å². The van der Waals surface area contributed by atoms with Crippen molar-refractivity contribution in [3.05, 3.63) is 0 Å². The molecule has 0 radical (unpaired) electrons. The Kier molecular flexibility index (Phi) is 3.05. The summed E-state index contributed by atoms with van der Waals surface area (Å²) in [5, 5.41) is 7.58. The highest BCUT2D eigenvalue weighted by atomic mass is 35.5. The molecule has 0 aromatic carbocycles. The van der Waals surface area contributed by atoms with Crippen LogP contribution in [0.5, 0.6) is 0 Å². The standard InChI is InChI=1S/C3H3Cl2F3O/c4-2(5)1(6)3(7,8)9/h1-2,9H. The van der Waals surface area contributed by atoms with Gasteiger partial charge in [-0.2, -0.15) is 8.78 Å². The zero-order chi connectivity index (χ0) is 7.65. The summed E-state index contributed by atoms with van der Waals surface area (Å²) in [6.45, 7) is 0. The lowest BCUT2D eigenvalue weighted by atomic mass is 10.4. The minimum Gasteiger partial charge on any atom is -0.334 e. The van der Waals surface area contributed by atoms with Crippen LogP contribution in [0.2, 0.25) is 0 Å². The van der Waals surface area contributed by atoms with E-state index < -0.39 is 17.1 Å². The van der Waals surface area contributed by atoms with Crippen LogP contribution < -0.4 is 0 Å². The van der Waals surface area contributed by atoms with Crippen LogP contribution in [0.25, 0.3) is 0 Å². The molecule has 0 bridgehead atoms. The van der Waals surface area contributed by atoms with E-state index in [1.807, 2.05) is 0 Å². The highest BCUT2D eigenvalue weighted by molar-refractivity contribution is 6.44. The number of halogens is 5. The summed E-state index contributed by atoms with van der Waals surface area (Å²) in [6.07, 6.45) is -7.38. The van der Waals surface area contributed by atoms with E-state index in [4.69, 9.17) is 5.11 Å². The summed E-state index contributed by atoms with van der Waals surface area (Å²) in [7, 11) is 0. The fourth-order valence-electron chi connectivity index (χ4n) is 0.152. The minimum atomic E-state index is -4.45. The summed E-state index contributed by atoms with van der Waals surface area (Å²) in [5.41, 5.74) is 0. The lowest BCUT2D eigenvalue weighted by Crippen LogP contribution is -2.34. The first-order chi connectivity index (χ1) is 3.85. The van der Waals surface area contributed by atoms with Gasteiger partial charge in [0.2, 0.25) is 6.17 Å². The first kappa shape index (κ1) is 9.33. The van der Waals surface area contributed by atoms with Gasteiger partial charge in [-0.05, 0) is 0 Å². The van der Waals surface area contributed by atoms with Crippen LogP contribution in [0.15, 0.2) is 0 Å². The van der Waals surface area contributed by atoms with Crippen molar-refractivity contribution in [1.29, 1.82) is 0 Å². The molecule has 1 N–H and O–H groups in total. The molecule has 0 heterocycles. The monoisotopic (exact) mass is 182 g/mol. The van der Waals surface area contributed by atoms with Gasteiger partial charge < -0.3 is 5.11 Å². The topological polar surface area (TPSA) is 20.2 Å². The van der Waals surface area contributed by atoms with Crippen molar-refractivity contribution in [2.45, 2.75) is 17.1 Å². The van der Waals surface area contributed by atoms with Crippen LogP contribution in [-0.2, 0) is 0 Å². The summed E-state index contributed by atoms with van der Waals surface area (Å²) < 4.78 is 34.5. The molecule has 1 unspecified atom stereocenters. The number of aliphatic hydroxyl groups is 1. The van der Waals surface area contributed by atoms with Gasteiger partial charge in [0, 0.05) is 0 Å². The maximum atomic E-state index is 11.8. The van der Waals surface area contributed by atoms with Gasteiger partial charge in [-0.15, -0.1) is 23.2 Å². The van der Waals surface area contributed by atoms with Gasteiger partial charge >= 0.3 is 6.11 Å². The van der Waals surface area contributed by atoms with Crippen LogP contribution in [0.4, 0.5) is 13.2 Å². The van der Waals surface area contributed by atoms with Crippen molar-refractivity contribution in [3.63, 3.8) is 0 Å². The van der Waals surface area contributed by atoms with Crippen LogP contribution >= 0.6 is 23.2 Å². The molecule has 0 aliphatic carbocycles. The van der Waals surface area contributed by atoms with Gasteiger partial charge in [-0.3, -0.25) is 0 Å². The molecule has 0 aliphatic rings. The molecule has 56 valence electrons. The van der Waals surface area contributed by atoms with E-state index in [1.165, 1.54) is 0 Å². The molecule has 0 aliphatic heterocycles. The van der Waals surface area contributed by atoms with Crippen molar-refractivity contribution >= 4 is 23.2 Å². The highest BCUT2D eigenvalue weighted by Gasteiger charge is 2.41. The Morgan fingerprint density at radius 1 is 1.33 bits per heavy atom. The highest BCUT2D eigenvalue weighted by Crippen LogP contribution is 2.25. The molecule has 1 nitrogen and oxygen atoms in total. The largest absolute Gasteiger partial charge is 0.387 e. The van der Waals surface area contributed by atoms with Crippen molar-refractivity contribution in [2.75, 3.05) is 0 Å². The van der Waals surface area contributed by atoms with Crippen molar-refractivity contribution < 1.29 is 18.3 Å². The van der Waals surface area contributed by atoms with Crippen molar-refractivity contribution in [1.82, 2.24) is 0 Å². The molecule has 0 saturated carbocycles. The Bertz CT molecular complexity index is 91.5. The Balaban J connectivity index is 3.88. The quantitative estimate of drug-likeness (QED) is 0.646. The fourth-order valence-corrected chi connectivity index (χ4v) is 0.455. The average Bonchev–Trinajstić information content (AvgIpc) is 1.62. The maximum Gasteiger partial charge on any atom is 0.387 e. The van der Waals surface area contributed by atoms with Gasteiger partial charge in [0.15, 0.2) is 0 Å². The van der Waals surface area contributed by atoms with Crippen LogP contribution in [0.1, 0.15) is 0 Å². The van der Waals surface area contributed by atoms with E-state index >= 15 is 0 Å². The molecule has 0 rings (SSSR count). The molecule has 9 heavy (non-hydrogen) atoms. The molecule has 1 atom stereocenters. The summed E-state index contributed by atoms with van der Waals surface area (Å²) in [4.78, 5) is -1.91. The summed E-state index contributed by atoms with van der Waals surface area (Å²) in [6, 6.07) is 0. The molecular formula is C3H3Cl2F3O. The Labute approximate surface area is 59.4 Å². The van der Waals surface area contributed by atoms with Crippen molar-refractivity contribution in [2.24, 2.45) is 0 Å². The summed E-state index contributed by atoms with van der Waals surface area (Å²) >= 11 is 9.33. The number of hydrogen-bond donors (Lipinski definition) is 1. The second-order valence-corrected chi connectivity index (χ2v) is 2.49. The lowest BCUT2D eigenvalue weighted by molar-refractivity contribution is -0.237. The minimum absolute atomic E-state index is 1.91. The molecule has 0 aromatic rings. The molecule has 0 aromatic heterocycles. The third kappa shape index (κ3) is 3.13. The van der Waals surface area contributed by atoms with E-state index in [9.17, 15) is 13.2 Å². The zero-order valence-corrected chi connectivity index (χ0v) is 5.50. The normalized spacial score (nSPS) is 16.3. The maximum absolute atomic E-state index is 11.8. The van der Waals surface area contributed by atoms with Crippen LogP contribution in [0, 0.1) is 0 Å². The lowest BCUT2D eigenvalue weighted by Gasteiger charge is -2.13. The SMILES string of the molecule is OC(F)(F)C(F)C(Cl)Cl. The third-order valence-electron chi connectivity index (χ3n) is 0.553. The Morgan fingerprint density at radius 3 is 1.67 bits per heavy atom. The van der Waals surface area contributed by atoms with Gasteiger partial charge in [0.25, 0.3) is 0 Å². The first-order valence-corrected chi connectivity index (χ1v) is 2.75. The van der Waals surface area contributed by atoms with E-state index in [0.717, 1.165) is 0 Å². The molecular weight excluding hydrogens is 180 g/mol. The zero-order valence-electron chi connectivity index (χ0n) is 3.99. The van der Waals surface area contributed by atoms with E-state index in [-0.39, 0.29) is 0 Å². The first-order valence-electron chi connectivity index (χ1n) is 1.88. The summed E-state index contributed by atoms with van der Waals surface area (Å²) in [5.74, 6) is 0. The van der Waals surface area contributed by atoms with E-state index in [2.05, 4.69) is 23.2 Å². The molecule has 6 heteroatoms. The number of alkyl halides is 5. The predicted octanol–water partition coefficient (Wildman–Crippen LogP) is 1.71. The van der Waals surface area contributed by atoms with E-state index in [1.54, 1.807) is 0 Å². The smallest absolute Gasteiger partial charge is 0.334 e.